The summed E-state index contributed by atoms with van der Waals surface area (Å²) >= 11 is 7.35. The second-order valence-electron chi connectivity index (χ2n) is 2.54. The largest absolute Gasteiger partial charge is 0.309 e. The Labute approximate surface area is 84.6 Å². The second kappa shape index (κ2) is 3.33. The van der Waals surface area contributed by atoms with Crippen molar-refractivity contribution in [1.29, 1.82) is 0 Å². The summed E-state index contributed by atoms with van der Waals surface area (Å²) in [7, 11) is 0. The predicted molar refractivity (Wildman–Crippen MR) is 54.9 cm³/mol. The Morgan fingerprint density at radius 1 is 1.54 bits per heavy atom. The minimum absolute atomic E-state index is 0.358. The molecule has 1 heterocycles. The van der Waals surface area contributed by atoms with Crippen molar-refractivity contribution < 1.29 is 0 Å². The fourth-order valence-corrected chi connectivity index (χ4v) is 2.25. The van der Waals surface area contributed by atoms with Crippen LogP contribution in [0.25, 0.3) is 15.1 Å². The molecule has 2 aromatic rings. The standard InChI is InChI=1S/C9H5ClN2S/c1-11-5-9-12-7-3-2-6(10)4-8(7)13-9/h2-4H,5H2. The molecule has 64 valence electrons. The van der Waals surface area contributed by atoms with Gasteiger partial charge in [0.25, 0.3) is 6.54 Å². The molecule has 4 heteroatoms. The molecule has 0 atom stereocenters. The molecule has 0 N–H and O–H groups in total. The molecule has 2 nitrogen and oxygen atoms in total. The normalized spacial score (nSPS) is 10.2. The summed E-state index contributed by atoms with van der Waals surface area (Å²) in [6.45, 7) is 7.08. The summed E-state index contributed by atoms with van der Waals surface area (Å²) in [6, 6.07) is 5.56. The summed E-state index contributed by atoms with van der Waals surface area (Å²) in [4.78, 5) is 7.58. The number of thiazole rings is 1. The van der Waals surface area contributed by atoms with E-state index in [-0.39, 0.29) is 0 Å². The van der Waals surface area contributed by atoms with Gasteiger partial charge < -0.3 is 4.85 Å². The lowest BCUT2D eigenvalue weighted by Gasteiger charge is -1.86. The van der Waals surface area contributed by atoms with Crippen LogP contribution in [0.15, 0.2) is 18.2 Å². The van der Waals surface area contributed by atoms with Crippen molar-refractivity contribution in [2.75, 3.05) is 0 Å². The van der Waals surface area contributed by atoms with E-state index in [1.54, 1.807) is 0 Å². The lowest BCUT2D eigenvalue weighted by atomic mass is 10.3. The first kappa shape index (κ1) is 8.49. The third-order valence-corrected chi connectivity index (χ3v) is 2.85. The fourth-order valence-electron chi connectivity index (χ4n) is 1.08. The molecule has 0 unspecified atom stereocenters. The fraction of sp³-hybridized carbons (Fsp3) is 0.111. The molecule has 13 heavy (non-hydrogen) atoms. The molecule has 0 bridgehead atoms. The lowest BCUT2D eigenvalue weighted by molar-refractivity contribution is 1.21. The number of hydrogen-bond acceptors (Lipinski definition) is 2. The second-order valence-corrected chi connectivity index (χ2v) is 4.09. The van der Waals surface area contributed by atoms with Gasteiger partial charge in [-0.05, 0) is 18.2 Å². The molecule has 1 aromatic carbocycles. The van der Waals surface area contributed by atoms with E-state index in [9.17, 15) is 0 Å². The van der Waals surface area contributed by atoms with E-state index < -0.39 is 0 Å². The summed E-state index contributed by atoms with van der Waals surface area (Å²) in [5.74, 6) is 0. The molecule has 0 aliphatic heterocycles. The number of rotatable bonds is 1. The highest BCUT2D eigenvalue weighted by Gasteiger charge is 2.05. The first-order valence-corrected chi connectivity index (χ1v) is 4.87. The number of nitrogens with zero attached hydrogens (tertiary/aromatic N) is 2. The summed E-state index contributed by atoms with van der Waals surface area (Å²) in [6.07, 6.45) is 0. The van der Waals surface area contributed by atoms with Crippen LogP contribution in [-0.2, 0) is 6.54 Å². The molecule has 0 saturated carbocycles. The maximum Gasteiger partial charge on any atom is 0.265 e. The Kier molecular flexibility index (Phi) is 2.17. The Hall–Kier alpha value is -1.11. The van der Waals surface area contributed by atoms with Crippen LogP contribution in [0.4, 0.5) is 0 Å². The third-order valence-electron chi connectivity index (χ3n) is 1.61. The zero-order valence-corrected chi connectivity index (χ0v) is 8.19. The van der Waals surface area contributed by atoms with Gasteiger partial charge in [-0.1, -0.05) is 11.6 Å². The average Bonchev–Trinajstić information content (AvgIpc) is 2.46. The van der Waals surface area contributed by atoms with E-state index in [0.29, 0.717) is 11.6 Å². The van der Waals surface area contributed by atoms with Gasteiger partial charge in [-0.3, -0.25) is 0 Å². The van der Waals surface area contributed by atoms with Crippen LogP contribution in [-0.4, -0.2) is 4.98 Å². The van der Waals surface area contributed by atoms with Crippen LogP contribution in [0.3, 0.4) is 0 Å². The van der Waals surface area contributed by atoms with Crippen molar-refractivity contribution in [3.8, 4) is 0 Å². The van der Waals surface area contributed by atoms with Crippen molar-refractivity contribution in [2.24, 2.45) is 0 Å². The van der Waals surface area contributed by atoms with Crippen molar-refractivity contribution >= 4 is 33.2 Å². The van der Waals surface area contributed by atoms with Gasteiger partial charge in [-0.15, -0.1) is 11.3 Å². The van der Waals surface area contributed by atoms with Gasteiger partial charge in [-0.2, -0.15) is 0 Å². The van der Waals surface area contributed by atoms with E-state index in [0.717, 1.165) is 15.2 Å². The molecule has 0 aliphatic rings. The Bertz CT molecular complexity index is 484. The number of aromatic nitrogens is 1. The molecule has 0 spiro atoms. The molecular weight excluding hydrogens is 204 g/mol. The van der Waals surface area contributed by atoms with E-state index >= 15 is 0 Å². The number of hydrogen-bond donors (Lipinski definition) is 0. The molecule has 0 fully saturated rings. The van der Waals surface area contributed by atoms with Crippen LogP contribution < -0.4 is 0 Å². The Morgan fingerprint density at radius 2 is 2.38 bits per heavy atom. The summed E-state index contributed by atoms with van der Waals surface area (Å²) in [5.41, 5.74) is 0.924. The minimum atomic E-state index is 0.358. The topological polar surface area (TPSA) is 17.2 Å². The van der Waals surface area contributed by atoms with Crippen LogP contribution >= 0.6 is 22.9 Å². The first-order valence-electron chi connectivity index (χ1n) is 3.68. The maximum absolute atomic E-state index is 6.72. The van der Waals surface area contributed by atoms with Gasteiger partial charge >= 0.3 is 0 Å². The van der Waals surface area contributed by atoms with E-state index in [1.165, 1.54) is 11.3 Å². The number of benzene rings is 1. The highest BCUT2D eigenvalue weighted by molar-refractivity contribution is 7.18. The number of halogens is 1. The monoisotopic (exact) mass is 208 g/mol. The highest BCUT2D eigenvalue weighted by Crippen LogP contribution is 2.25. The first-order chi connectivity index (χ1) is 6.29. The van der Waals surface area contributed by atoms with Gasteiger partial charge in [0, 0.05) is 5.02 Å². The van der Waals surface area contributed by atoms with E-state index in [2.05, 4.69) is 9.83 Å². The van der Waals surface area contributed by atoms with Crippen LogP contribution in [0, 0.1) is 6.57 Å². The Morgan fingerprint density at radius 3 is 3.15 bits per heavy atom. The average molecular weight is 209 g/mol. The highest BCUT2D eigenvalue weighted by atomic mass is 35.5. The molecule has 0 radical (unpaired) electrons. The van der Waals surface area contributed by atoms with Crippen LogP contribution in [0.1, 0.15) is 5.01 Å². The van der Waals surface area contributed by atoms with Gasteiger partial charge in [-0.25, -0.2) is 11.6 Å². The summed E-state index contributed by atoms with van der Waals surface area (Å²) in [5, 5.41) is 1.57. The smallest absolute Gasteiger partial charge is 0.265 e. The van der Waals surface area contributed by atoms with E-state index in [1.807, 2.05) is 18.2 Å². The molecule has 0 saturated heterocycles. The van der Waals surface area contributed by atoms with Crippen LogP contribution in [0.5, 0.6) is 0 Å². The molecule has 0 amide bonds. The molecule has 1 aromatic heterocycles. The zero-order chi connectivity index (χ0) is 9.26. The van der Waals surface area contributed by atoms with Crippen molar-refractivity contribution in [3.63, 3.8) is 0 Å². The van der Waals surface area contributed by atoms with Gasteiger partial charge in [0.2, 0.25) is 0 Å². The quantitative estimate of drug-likeness (QED) is 0.657. The van der Waals surface area contributed by atoms with Gasteiger partial charge in [0.1, 0.15) is 0 Å². The zero-order valence-electron chi connectivity index (χ0n) is 6.62. The Balaban J connectivity index is 2.57. The minimum Gasteiger partial charge on any atom is -0.309 e. The van der Waals surface area contributed by atoms with Crippen LogP contribution in [0.2, 0.25) is 5.02 Å². The molecule has 2 rings (SSSR count). The molecular formula is C9H5ClN2S. The van der Waals surface area contributed by atoms with Crippen molar-refractivity contribution in [3.05, 3.63) is 39.6 Å². The third kappa shape index (κ3) is 1.64. The SMILES string of the molecule is [C-]#[N+]Cc1nc2ccc(Cl)cc2s1. The van der Waals surface area contributed by atoms with Gasteiger partial charge in [0.15, 0.2) is 5.01 Å². The van der Waals surface area contributed by atoms with E-state index in [4.69, 9.17) is 18.2 Å². The van der Waals surface area contributed by atoms with Gasteiger partial charge in [0.05, 0.1) is 10.2 Å². The summed E-state index contributed by atoms with van der Waals surface area (Å²) < 4.78 is 1.05. The molecule has 0 aliphatic carbocycles. The number of fused-ring (bicyclic) bond motifs is 1. The van der Waals surface area contributed by atoms with Crippen molar-refractivity contribution in [1.82, 2.24) is 4.98 Å². The van der Waals surface area contributed by atoms with Crippen molar-refractivity contribution in [2.45, 2.75) is 6.54 Å². The lowest BCUT2D eigenvalue weighted by Crippen LogP contribution is -1.73. The maximum atomic E-state index is 6.72. The predicted octanol–water partition coefficient (Wildman–Crippen LogP) is 3.37.